The number of nitrogens with zero attached hydrogens (tertiary/aromatic N) is 4. The van der Waals surface area contributed by atoms with Crippen LogP contribution in [0.25, 0.3) is 5.65 Å². The average Bonchev–Trinajstić information content (AvgIpc) is 2.87. The summed E-state index contributed by atoms with van der Waals surface area (Å²) >= 11 is 3.39. The highest BCUT2D eigenvalue weighted by molar-refractivity contribution is 9.10. The fraction of sp³-hybridized carbons (Fsp3) is 0.462. The zero-order chi connectivity index (χ0) is 13.9. The predicted molar refractivity (Wildman–Crippen MR) is 79.6 cm³/mol. The van der Waals surface area contributed by atoms with Crippen LogP contribution >= 0.6 is 15.9 Å². The largest absolute Gasteiger partial charge is 0.344 e. The van der Waals surface area contributed by atoms with E-state index in [1.54, 1.807) is 4.52 Å². The van der Waals surface area contributed by atoms with Crippen LogP contribution in [0.2, 0.25) is 0 Å². The van der Waals surface area contributed by atoms with Gasteiger partial charge in [0.25, 0.3) is 0 Å². The summed E-state index contributed by atoms with van der Waals surface area (Å²) in [5.41, 5.74) is 0.751. The van der Waals surface area contributed by atoms with Gasteiger partial charge < -0.3 is 10.2 Å². The number of halogens is 1. The number of nitrogens with one attached hydrogen (secondary N) is 1. The van der Waals surface area contributed by atoms with Crippen LogP contribution in [-0.4, -0.2) is 45.0 Å². The first-order valence-electron chi connectivity index (χ1n) is 6.76. The van der Waals surface area contributed by atoms with E-state index in [1.165, 1.54) is 6.42 Å². The molecule has 0 unspecified atom stereocenters. The molecule has 0 aliphatic carbocycles. The predicted octanol–water partition coefficient (Wildman–Crippen LogP) is 1.92. The summed E-state index contributed by atoms with van der Waals surface area (Å²) in [4.78, 5) is 18.3. The highest BCUT2D eigenvalue weighted by atomic mass is 79.9. The number of likely N-dealkylation sites (tertiary alicyclic amines) is 1. The third kappa shape index (κ3) is 2.92. The second kappa shape index (κ2) is 5.78. The monoisotopic (exact) mass is 337 g/mol. The van der Waals surface area contributed by atoms with E-state index in [0.717, 1.165) is 36.1 Å². The molecular weight excluding hydrogens is 322 g/mol. The zero-order valence-corrected chi connectivity index (χ0v) is 12.6. The maximum atomic E-state index is 12.0. The van der Waals surface area contributed by atoms with E-state index in [9.17, 15) is 4.79 Å². The summed E-state index contributed by atoms with van der Waals surface area (Å²) in [5, 5.41) is 7.29. The smallest absolute Gasteiger partial charge is 0.243 e. The number of carbonyl (C=O) groups is 1. The van der Waals surface area contributed by atoms with E-state index in [0.29, 0.717) is 5.95 Å². The van der Waals surface area contributed by atoms with Crippen molar-refractivity contribution in [3.05, 3.63) is 22.8 Å². The van der Waals surface area contributed by atoms with E-state index >= 15 is 0 Å². The number of aromatic nitrogens is 3. The van der Waals surface area contributed by atoms with Gasteiger partial charge in [-0.2, -0.15) is 4.98 Å². The Kier molecular flexibility index (Phi) is 3.86. The number of piperidine rings is 1. The number of rotatable bonds is 3. The molecule has 3 heterocycles. The van der Waals surface area contributed by atoms with Crippen LogP contribution in [0.1, 0.15) is 19.3 Å². The van der Waals surface area contributed by atoms with Gasteiger partial charge >= 0.3 is 0 Å². The highest BCUT2D eigenvalue weighted by Crippen LogP contribution is 2.12. The lowest BCUT2D eigenvalue weighted by atomic mass is 10.1. The minimum Gasteiger partial charge on any atom is -0.344 e. The van der Waals surface area contributed by atoms with Crippen molar-refractivity contribution in [2.24, 2.45) is 0 Å². The van der Waals surface area contributed by atoms with Gasteiger partial charge in [0.1, 0.15) is 0 Å². The van der Waals surface area contributed by atoms with Gasteiger partial charge in [0.05, 0.1) is 6.54 Å². The lowest BCUT2D eigenvalue weighted by Gasteiger charge is -2.26. The van der Waals surface area contributed by atoms with Crippen molar-refractivity contribution in [3.63, 3.8) is 0 Å². The van der Waals surface area contributed by atoms with E-state index in [1.807, 2.05) is 23.2 Å². The van der Waals surface area contributed by atoms with Crippen LogP contribution < -0.4 is 5.32 Å². The number of carbonyl (C=O) groups excluding carboxylic acids is 1. The summed E-state index contributed by atoms with van der Waals surface area (Å²) in [6, 6.07) is 3.78. The molecular formula is C13H16BrN5O. The van der Waals surface area contributed by atoms with E-state index < -0.39 is 0 Å². The van der Waals surface area contributed by atoms with Gasteiger partial charge in [-0.15, -0.1) is 5.10 Å². The molecule has 1 saturated heterocycles. The van der Waals surface area contributed by atoms with Crippen LogP contribution in [0.4, 0.5) is 5.95 Å². The number of fused-ring (bicyclic) bond motifs is 1. The Hall–Kier alpha value is -1.63. The third-order valence-electron chi connectivity index (χ3n) is 3.40. The molecule has 2 aromatic rings. The molecule has 0 atom stereocenters. The minimum absolute atomic E-state index is 0.115. The van der Waals surface area contributed by atoms with Crippen molar-refractivity contribution >= 4 is 33.4 Å². The molecule has 106 valence electrons. The first-order chi connectivity index (χ1) is 9.72. The molecule has 0 saturated carbocycles. The van der Waals surface area contributed by atoms with Gasteiger partial charge in [-0.1, -0.05) is 0 Å². The summed E-state index contributed by atoms with van der Waals surface area (Å²) in [6.45, 7) is 1.98. The molecule has 0 bridgehead atoms. The molecule has 1 fully saturated rings. The maximum absolute atomic E-state index is 12.0. The molecule has 0 spiro atoms. The van der Waals surface area contributed by atoms with Crippen LogP contribution in [-0.2, 0) is 4.79 Å². The van der Waals surface area contributed by atoms with Crippen molar-refractivity contribution < 1.29 is 4.79 Å². The van der Waals surface area contributed by atoms with Crippen molar-refractivity contribution in [3.8, 4) is 0 Å². The fourth-order valence-corrected chi connectivity index (χ4v) is 2.67. The average molecular weight is 338 g/mol. The Labute approximate surface area is 125 Å². The van der Waals surface area contributed by atoms with Crippen molar-refractivity contribution in [1.29, 1.82) is 0 Å². The molecule has 1 N–H and O–H groups in total. The molecule has 2 aromatic heterocycles. The summed E-state index contributed by atoms with van der Waals surface area (Å²) in [5.74, 6) is 0.596. The number of hydrogen-bond acceptors (Lipinski definition) is 4. The molecule has 1 aliphatic rings. The van der Waals surface area contributed by atoms with Gasteiger partial charge in [0.2, 0.25) is 11.9 Å². The van der Waals surface area contributed by atoms with Crippen LogP contribution in [0, 0.1) is 0 Å². The number of anilines is 1. The van der Waals surface area contributed by atoms with Crippen LogP contribution in [0.5, 0.6) is 0 Å². The summed E-state index contributed by atoms with van der Waals surface area (Å²) in [7, 11) is 0. The number of pyridine rings is 1. The quantitative estimate of drug-likeness (QED) is 0.929. The third-order valence-corrected chi connectivity index (χ3v) is 3.87. The minimum atomic E-state index is 0.115. The van der Waals surface area contributed by atoms with Gasteiger partial charge in [0, 0.05) is 23.8 Å². The highest BCUT2D eigenvalue weighted by Gasteiger charge is 2.16. The lowest BCUT2D eigenvalue weighted by molar-refractivity contribution is -0.130. The van der Waals surface area contributed by atoms with Gasteiger partial charge in [-0.3, -0.25) is 4.79 Å². The number of hydrogen-bond donors (Lipinski definition) is 1. The molecule has 6 nitrogen and oxygen atoms in total. The normalized spacial score (nSPS) is 15.6. The zero-order valence-electron chi connectivity index (χ0n) is 11.0. The first kappa shape index (κ1) is 13.4. The Morgan fingerprint density at radius 1 is 1.30 bits per heavy atom. The molecule has 1 amide bonds. The SMILES string of the molecule is O=C(CNc1nc2ccc(Br)cn2n1)N1CCCCC1. The van der Waals surface area contributed by atoms with Crippen molar-refractivity contribution in [1.82, 2.24) is 19.5 Å². The van der Waals surface area contributed by atoms with Gasteiger partial charge in [-0.05, 0) is 47.3 Å². The summed E-state index contributed by atoms with van der Waals surface area (Å²) in [6.07, 6.45) is 5.26. The molecule has 0 aromatic carbocycles. The molecule has 1 aliphatic heterocycles. The van der Waals surface area contributed by atoms with E-state index in [-0.39, 0.29) is 12.5 Å². The van der Waals surface area contributed by atoms with Gasteiger partial charge in [0.15, 0.2) is 5.65 Å². The van der Waals surface area contributed by atoms with Crippen LogP contribution in [0.15, 0.2) is 22.8 Å². The van der Waals surface area contributed by atoms with Crippen molar-refractivity contribution in [2.45, 2.75) is 19.3 Å². The molecule has 20 heavy (non-hydrogen) atoms. The Balaban J connectivity index is 1.63. The van der Waals surface area contributed by atoms with Gasteiger partial charge in [-0.25, -0.2) is 4.52 Å². The number of amides is 1. The maximum Gasteiger partial charge on any atom is 0.243 e. The van der Waals surface area contributed by atoms with Crippen LogP contribution in [0.3, 0.4) is 0 Å². The lowest BCUT2D eigenvalue weighted by Crippen LogP contribution is -2.39. The Morgan fingerprint density at radius 3 is 2.90 bits per heavy atom. The summed E-state index contributed by atoms with van der Waals surface area (Å²) < 4.78 is 2.61. The molecule has 7 heteroatoms. The Bertz CT molecular complexity index is 620. The second-order valence-electron chi connectivity index (χ2n) is 4.88. The van der Waals surface area contributed by atoms with E-state index in [4.69, 9.17) is 0 Å². The fourth-order valence-electron chi connectivity index (χ4n) is 2.34. The molecule has 3 rings (SSSR count). The Morgan fingerprint density at radius 2 is 2.10 bits per heavy atom. The van der Waals surface area contributed by atoms with Crippen molar-refractivity contribution in [2.75, 3.05) is 25.0 Å². The van der Waals surface area contributed by atoms with E-state index in [2.05, 4.69) is 31.3 Å². The first-order valence-corrected chi connectivity index (χ1v) is 7.55. The topological polar surface area (TPSA) is 62.5 Å². The standard InChI is InChI=1S/C13H16BrN5O/c14-10-4-5-11-16-13(17-19(11)9-10)15-8-12(20)18-6-2-1-3-7-18/h4-5,9H,1-3,6-8H2,(H,15,17). The molecule has 0 radical (unpaired) electrons. The second-order valence-corrected chi connectivity index (χ2v) is 5.80.